The van der Waals surface area contributed by atoms with Gasteiger partial charge in [-0.3, -0.25) is 38.8 Å². The SMILES string of the molecule is C#CCCCC(=O)NCCCCC(NC(=O)[C@H](Cc1ccc(C(=O)c2ccccc2)cc1)NC(=O)[C@H](C)NC(=O)[C@@H](CC(C)C)[C@H](O)C(=O)NO)C(N)=O. The highest BCUT2D eigenvalue weighted by atomic mass is 16.5. The van der Waals surface area contributed by atoms with Crippen LogP contribution in [-0.2, 0) is 35.2 Å². The van der Waals surface area contributed by atoms with Gasteiger partial charge in [0.05, 0.1) is 5.92 Å². The number of hydrogen-bond donors (Lipinski definition) is 8. The highest BCUT2D eigenvalue weighted by Gasteiger charge is 2.35. The van der Waals surface area contributed by atoms with Crippen LogP contribution in [0.25, 0.3) is 0 Å². The quantitative estimate of drug-likeness (QED) is 0.0266. The Balaban J connectivity index is 2.21. The molecule has 292 valence electrons. The molecule has 0 aliphatic carbocycles. The first kappa shape index (κ1) is 44.6. The van der Waals surface area contributed by atoms with Crippen molar-refractivity contribution in [3.05, 3.63) is 71.3 Å². The van der Waals surface area contributed by atoms with E-state index in [0.29, 0.717) is 55.3 Å². The van der Waals surface area contributed by atoms with Gasteiger partial charge in [0.2, 0.25) is 29.5 Å². The molecule has 15 nitrogen and oxygen atoms in total. The zero-order valence-corrected chi connectivity index (χ0v) is 30.9. The number of ketones is 1. The highest BCUT2D eigenvalue weighted by molar-refractivity contribution is 6.09. The van der Waals surface area contributed by atoms with Crippen LogP contribution in [0.2, 0.25) is 0 Å². The van der Waals surface area contributed by atoms with Gasteiger partial charge >= 0.3 is 0 Å². The number of hydrogen-bond acceptors (Lipinski definition) is 9. The number of aliphatic hydroxyl groups is 1. The number of terminal acetylenes is 1. The number of unbranched alkanes of at least 4 members (excludes halogenated alkanes) is 2. The number of benzene rings is 2. The number of carbonyl (C=O) groups is 7. The summed E-state index contributed by atoms with van der Waals surface area (Å²) in [6.45, 7) is 5.21. The molecule has 0 radical (unpaired) electrons. The molecule has 0 saturated heterocycles. The maximum Gasteiger partial charge on any atom is 0.272 e. The largest absolute Gasteiger partial charge is 0.382 e. The lowest BCUT2D eigenvalue weighted by Gasteiger charge is -2.26. The molecule has 2 aromatic carbocycles. The van der Waals surface area contributed by atoms with Crippen molar-refractivity contribution in [2.75, 3.05) is 6.54 Å². The minimum Gasteiger partial charge on any atom is -0.382 e. The number of primary amides is 1. The molecule has 5 atom stereocenters. The van der Waals surface area contributed by atoms with Gasteiger partial charge in [0, 0.05) is 36.9 Å². The molecular formula is C39H52N6O9. The molecule has 54 heavy (non-hydrogen) atoms. The van der Waals surface area contributed by atoms with Crippen molar-refractivity contribution < 1.29 is 43.9 Å². The summed E-state index contributed by atoms with van der Waals surface area (Å²) in [7, 11) is 0. The van der Waals surface area contributed by atoms with E-state index >= 15 is 0 Å². The molecule has 0 fully saturated rings. The maximum atomic E-state index is 13.7. The molecule has 0 aliphatic rings. The Bertz CT molecular complexity index is 1630. The van der Waals surface area contributed by atoms with E-state index in [1.54, 1.807) is 68.4 Å². The zero-order chi connectivity index (χ0) is 40.2. The van der Waals surface area contributed by atoms with E-state index in [9.17, 15) is 38.7 Å². The average Bonchev–Trinajstić information content (AvgIpc) is 3.15. The summed E-state index contributed by atoms with van der Waals surface area (Å²) in [6.07, 6.45) is 5.72. The number of amides is 6. The molecule has 15 heteroatoms. The Labute approximate surface area is 315 Å². The van der Waals surface area contributed by atoms with Crippen LogP contribution in [0.5, 0.6) is 0 Å². The second-order valence-electron chi connectivity index (χ2n) is 13.4. The third kappa shape index (κ3) is 15.2. The predicted octanol–water partition coefficient (Wildman–Crippen LogP) is 1.04. The van der Waals surface area contributed by atoms with Crippen LogP contribution < -0.4 is 32.5 Å². The van der Waals surface area contributed by atoms with Crippen LogP contribution in [0.3, 0.4) is 0 Å². The Hall–Kier alpha value is -5.59. The normalized spacial score (nSPS) is 13.6. The molecule has 0 aliphatic heterocycles. The van der Waals surface area contributed by atoms with Gasteiger partial charge in [-0.15, -0.1) is 12.3 Å². The van der Waals surface area contributed by atoms with Crippen molar-refractivity contribution in [1.29, 1.82) is 0 Å². The van der Waals surface area contributed by atoms with Gasteiger partial charge in [0.25, 0.3) is 5.91 Å². The van der Waals surface area contributed by atoms with Crippen molar-refractivity contribution in [2.24, 2.45) is 17.6 Å². The molecule has 2 rings (SSSR count). The second-order valence-corrected chi connectivity index (χ2v) is 13.4. The van der Waals surface area contributed by atoms with Crippen molar-refractivity contribution in [1.82, 2.24) is 26.7 Å². The summed E-state index contributed by atoms with van der Waals surface area (Å²) in [4.78, 5) is 89.3. The average molecular weight is 749 g/mol. The molecule has 0 saturated carbocycles. The molecule has 0 heterocycles. The van der Waals surface area contributed by atoms with Gasteiger partial charge in [-0.25, -0.2) is 5.48 Å². The lowest BCUT2D eigenvalue weighted by atomic mass is 9.90. The fourth-order valence-electron chi connectivity index (χ4n) is 5.51. The van der Waals surface area contributed by atoms with E-state index in [-0.39, 0.29) is 36.9 Å². The van der Waals surface area contributed by atoms with E-state index in [2.05, 4.69) is 27.2 Å². The van der Waals surface area contributed by atoms with E-state index in [1.165, 1.54) is 12.4 Å². The molecule has 9 N–H and O–H groups in total. The number of carbonyl (C=O) groups excluding carboxylic acids is 7. The number of nitrogens with two attached hydrogens (primary N) is 1. The third-order valence-electron chi connectivity index (χ3n) is 8.53. The third-order valence-corrected chi connectivity index (χ3v) is 8.53. The fraction of sp³-hybridized carbons (Fsp3) is 0.462. The second kappa shape index (κ2) is 23.2. The minimum absolute atomic E-state index is 0.0515. The molecular weight excluding hydrogens is 696 g/mol. The Morgan fingerprint density at radius 2 is 1.41 bits per heavy atom. The van der Waals surface area contributed by atoms with Crippen molar-refractivity contribution in [3.63, 3.8) is 0 Å². The van der Waals surface area contributed by atoms with E-state index in [1.807, 2.05) is 0 Å². The van der Waals surface area contributed by atoms with Crippen molar-refractivity contribution in [2.45, 2.75) is 96.4 Å². The van der Waals surface area contributed by atoms with Crippen LogP contribution in [0.1, 0.15) is 87.2 Å². The number of hydroxylamine groups is 1. The fourth-order valence-corrected chi connectivity index (χ4v) is 5.51. The van der Waals surface area contributed by atoms with Crippen LogP contribution in [0.15, 0.2) is 54.6 Å². The number of aliphatic hydroxyl groups excluding tert-OH is 1. The summed E-state index contributed by atoms with van der Waals surface area (Å²) in [6, 6.07) is 11.5. The summed E-state index contributed by atoms with van der Waals surface area (Å²) in [5.74, 6) is -3.70. The first-order valence-corrected chi connectivity index (χ1v) is 17.9. The molecule has 0 bridgehead atoms. The summed E-state index contributed by atoms with van der Waals surface area (Å²) < 4.78 is 0. The van der Waals surface area contributed by atoms with Gasteiger partial charge in [-0.2, -0.15) is 0 Å². The van der Waals surface area contributed by atoms with Crippen LogP contribution >= 0.6 is 0 Å². The van der Waals surface area contributed by atoms with Crippen LogP contribution in [0, 0.1) is 24.2 Å². The van der Waals surface area contributed by atoms with Crippen molar-refractivity contribution in [3.8, 4) is 12.3 Å². The molecule has 0 spiro atoms. The first-order valence-electron chi connectivity index (χ1n) is 17.9. The maximum absolute atomic E-state index is 13.7. The predicted molar refractivity (Wildman–Crippen MR) is 199 cm³/mol. The van der Waals surface area contributed by atoms with Crippen molar-refractivity contribution >= 4 is 41.2 Å². The monoisotopic (exact) mass is 748 g/mol. The Morgan fingerprint density at radius 1 is 0.778 bits per heavy atom. The van der Waals surface area contributed by atoms with Gasteiger partial charge in [-0.1, -0.05) is 68.4 Å². The molecule has 6 amide bonds. The van der Waals surface area contributed by atoms with Gasteiger partial charge in [-0.05, 0) is 50.5 Å². The zero-order valence-electron chi connectivity index (χ0n) is 30.9. The smallest absolute Gasteiger partial charge is 0.272 e. The molecule has 2 aromatic rings. The Morgan fingerprint density at radius 3 is 2.00 bits per heavy atom. The lowest BCUT2D eigenvalue weighted by Crippen LogP contribution is -2.57. The number of nitrogens with one attached hydrogen (secondary N) is 5. The van der Waals surface area contributed by atoms with E-state index < -0.39 is 59.7 Å². The summed E-state index contributed by atoms with van der Waals surface area (Å²) in [5, 5.41) is 29.8. The Kier molecular flexibility index (Phi) is 19.1. The summed E-state index contributed by atoms with van der Waals surface area (Å²) in [5.41, 5.74) is 8.38. The van der Waals surface area contributed by atoms with Crippen LogP contribution in [0.4, 0.5) is 0 Å². The van der Waals surface area contributed by atoms with Crippen LogP contribution in [-0.4, -0.2) is 82.3 Å². The van der Waals surface area contributed by atoms with Gasteiger partial charge in [0.15, 0.2) is 5.78 Å². The molecule has 0 aromatic heterocycles. The highest BCUT2D eigenvalue weighted by Crippen LogP contribution is 2.17. The standard InChI is InChI=1S/C39H52N6O9/c1-5-6-8-16-32(46)41-21-12-11-15-30(35(40)49)43-38(52)31(23-26-17-19-28(20-18-26)33(47)27-13-9-7-10-14-27)44-36(50)25(4)42-37(51)29(22-24(2)3)34(48)39(53)45-54/h1,7,9-10,13-14,17-20,24-25,29-31,34,48,54H,6,8,11-12,15-16,21-23H2,2-4H3,(H2,40,49)(H,41,46)(H,42,51)(H,43,52)(H,44,50)(H,45,53)/t25-,29-,30?,31-,34-/m0/s1. The van der Waals surface area contributed by atoms with E-state index in [0.717, 1.165) is 0 Å². The molecule has 1 unspecified atom stereocenters. The van der Waals surface area contributed by atoms with Gasteiger partial charge < -0.3 is 32.1 Å². The summed E-state index contributed by atoms with van der Waals surface area (Å²) >= 11 is 0. The topological polar surface area (TPSA) is 246 Å². The lowest BCUT2D eigenvalue weighted by molar-refractivity contribution is -0.147. The van der Waals surface area contributed by atoms with Gasteiger partial charge in [0.1, 0.15) is 24.2 Å². The van der Waals surface area contributed by atoms with E-state index in [4.69, 9.17) is 17.4 Å². The minimum atomic E-state index is -1.90. The first-order chi connectivity index (χ1) is 25.7. The number of rotatable bonds is 23.